The molecule has 2 aromatic rings. The molecule has 1 saturated heterocycles. The van der Waals surface area contributed by atoms with E-state index in [4.69, 9.17) is 33.7 Å². The maximum absolute atomic E-state index is 12.2. The van der Waals surface area contributed by atoms with Crippen LogP contribution < -0.4 is 11.1 Å². The Balaban J connectivity index is 1.40. The Morgan fingerprint density at radius 3 is 2.80 bits per heavy atom. The maximum atomic E-state index is 12.2. The van der Waals surface area contributed by atoms with E-state index >= 15 is 0 Å². The van der Waals surface area contributed by atoms with Crippen molar-refractivity contribution >= 4 is 46.8 Å². The molecule has 0 aliphatic carbocycles. The molecule has 1 fully saturated rings. The van der Waals surface area contributed by atoms with Crippen molar-refractivity contribution in [3.63, 3.8) is 0 Å². The van der Waals surface area contributed by atoms with E-state index in [1.54, 1.807) is 18.2 Å². The zero-order valence-electron chi connectivity index (χ0n) is 16.1. The molecule has 1 aromatic carbocycles. The smallest absolute Gasteiger partial charge is 0.267 e. The Bertz CT molecular complexity index is 898. The monoisotopic (exact) mass is 468 g/mol. The highest BCUT2D eigenvalue weighted by molar-refractivity contribution is 8.00. The number of rotatable bonds is 8. The number of halogens is 2. The number of amides is 2. The summed E-state index contributed by atoms with van der Waals surface area (Å²) >= 11 is 13.4. The summed E-state index contributed by atoms with van der Waals surface area (Å²) in [5.74, 6) is -0.425. The van der Waals surface area contributed by atoms with Crippen molar-refractivity contribution in [1.82, 2.24) is 15.2 Å². The first-order chi connectivity index (χ1) is 14.4. The number of pyridine rings is 1. The fraction of sp³-hybridized carbons (Fsp3) is 0.350. The van der Waals surface area contributed by atoms with Crippen LogP contribution in [0.2, 0.25) is 10.0 Å². The van der Waals surface area contributed by atoms with Crippen molar-refractivity contribution in [2.75, 3.05) is 32.0 Å². The molecular formula is C20H22Cl2N4O3S. The van der Waals surface area contributed by atoms with Crippen LogP contribution in [0.15, 0.2) is 41.4 Å². The molecule has 0 spiro atoms. The second-order valence-electron chi connectivity index (χ2n) is 6.81. The summed E-state index contributed by atoms with van der Waals surface area (Å²) in [6.07, 6.45) is 1.45. The SMILES string of the molecule is NC(=O)c1ccc(SCC(=O)NC[C@H]2CN(Cc3ccc(Cl)c(Cl)c3)CCO2)cn1. The molecule has 10 heteroatoms. The molecule has 2 heterocycles. The molecule has 160 valence electrons. The van der Waals surface area contributed by atoms with Crippen molar-refractivity contribution < 1.29 is 14.3 Å². The van der Waals surface area contributed by atoms with Crippen LogP contribution in [-0.2, 0) is 16.1 Å². The first-order valence-corrected chi connectivity index (χ1v) is 11.1. The zero-order chi connectivity index (χ0) is 21.5. The summed E-state index contributed by atoms with van der Waals surface area (Å²) in [5, 5.41) is 4.00. The minimum Gasteiger partial charge on any atom is -0.374 e. The number of aromatic nitrogens is 1. The van der Waals surface area contributed by atoms with Gasteiger partial charge < -0.3 is 15.8 Å². The molecule has 2 amide bonds. The van der Waals surface area contributed by atoms with Gasteiger partial charge in [-0.15, -0.1) is 11.8 Å². The number of carbonyl (C=O) groups excluding carboxylic acids is 2. The van der Waals surface area contributed by atoms with Gasteiger partial charge in [0.15, 0.2) is 0 Å². The Morgan fingerprint density at radius 2 is 2.10 bits per heavy atom. The molecule has 30 heavy (non-hydrogen) atoms. The first kappa shape index (κ1) is 22.8. The predicted octanol–water partition coefficient (Wildman–Crippen LogP) is 2.60. The van der Waals surface area contributed by atoms with Gasteiger partial charge in [-0.05, 0) is 29.8 Å². The van der Waals surface area contributed by atoms with Gasteiger partial charge >= 0.3 is 0 Å². The van der Waals surface area contributed by atoms with Gasteiger partial charge in [0.25, 0.3) is 5.91 Å². The highest BCUT2D eigenvalue weighted by Gasteiger charge is 2.21. The molecule has 1 aromatic heterocycles. The van der Waals surface area contributed by atoms with E-state index in [2.05, 4.69) is 15.2 Å². The third-order valence-electron chi connectivity index (χ3n) is 4.50. The van der Waals surface area contributed by atoms with Gasteiger partial charge in [0, 0.05) is 37.3 Å². The summed E-state index contributed by atoms with van der Waals surface area (Å²) in [6, 6.07) is 8.89. The molecule has 0 saturated carbocycles. The molecule has 0 radical (unpaired) electrons. The standard InChI is InChI=1S/C20H22Cl2N4O3S/c21-16-3-1-13(7-17(16)22)10-26-5-6-29-14(11-26)8-25-19(27)12-30-15-2-4-18(20(23)28)24-9-15/h1-4,7,9,14H,5-6,8,10-12H2,(H2,23,28)(H,25,27)/t14-/m0/s1. The minimum absolute atomic E-state index is 0.0769. The van der Waals surface area contributed by atoms with Gasteiger partial charge in [0.05, 0.1) is 28.5 Å². The lowest BCUT2D eigenvalue weighted by Gasteiger charge is -2.33. The number of nitrogens with two attached hydrogens (primary N) is 1. The first-order valence-electron chi connectivity index (χ1n) is 9.34. The van der Waals surface area contributed by atoms with Crippen LogP contribution in [0.4, 0.5) is 0 Å². The normalized spacial score (nSPS) is 16.9. The molecule has 3 N–H and O–H groups in total. The molecule has 1 aliphatic rings. The number of nitrogens with one attached hydrogen (secondary N) is 1. The zero-order valence-corrected chi connectivity index (χ0v) is 18.5. The van der Waals surface area contributed by atoms with Crippen LogP contribution in [-0.4, -0.2) is 59.8 Å². The highest BCUT2D eigenvalue weighted by Crippen LogP contribution is 2.23. The fourth-order valence-corrected chi connectivity index (χ4v) is 3.99. The Kier molecular flexibility index (Phi) is 8.35. The van der Waals surface area contributed by atoms with E-state index in [9.17, 15) is 9.59 Å². The van der Waals surface area contributed by atoms with Gasteiger partial charge in [-0.2, -0.15) is 0 Å². The molecule has 7 nitrogen and oxygen atoms in total. The number of thioether (sulfide) groups is 1. The molecule has 1 aliphatic heterocycles. The van der Waals surface area contributed by atoms with Crippen molar-refractivity contribution in [2.24, 2.45) is 5.73 Å². The molecule has 1 atom stereocenters. The number of ether oxygens (including phenoxy) is 1. The number of primary amides is 1. The van der Waals surface area contributed by atoms with E-state index in [1.807, 2.05) is 12.1 Å². The highest BCUT2D eigenvalue weighted by atomic mass is 35.5. The predicted molar refractivity (Wildman–Crippen MR) is 118 cm³/mol. The largest absolute Gasteiger partial charge is 0.374 e. The van der Waals surface area contributed by atoms with Crippen molar-refractivity contribution in [3.05, 3.63) is 57.8 Å². The van der Waals surface area contributed by atoms with E-state index in [1.165, 1.54) is 18.0 Å². The Hall–Kier alpha value is -1.84. The average molecular weight is 469 g/mol. The van der Waals surface area contributed by atoms with Crippen LogP contribution in [0.5, 0.6) is 0 Å². The summed E-state index contributed by atoms with van der Waals surface area (Å²) in [7, 11) is 0. The third-order valence-corrected chi connectivity index (χ3v) is 6.22. The summed E-state index contributed by atoms with van der Waals surface area (Å²) in [5.41, 5.74) is 6.45. The van der Waals surface area contributed by atoms with E-state index in [-0.39, 0.29) is 23.5 Å². The van der Waals surface area contributed by atoms with Gasteiger partial charge in [-0.25, -0.2) is 4.98 Å². The molecule has 0 bridgehead atoms. The van der Waals surface area contributed by atoms with Gasteiger partial charge in [0.2, 0.25) is 5.91 Å². The van der Waals surface area contributed by atoms with Crippen LogP contribution in [0.1, 0.15) is 16.1 Å². The lowest BCUT2D eigenvalue weighted by Crippen LogP contribution is -2.47. The number of morpholine rings is 1. The van der Waals surface area contributed by atoms with Gasteiger partial charge in [-0.3, -0.25) is 14.5 Å². The summed E-state index contributed by atoms with van der Waals surface area (Å²) in [4.78, 5) is 30.2. The molecule has 3 rings (SSSR count). The number of carbonyl (C=O) groups is 2. The van der Waals surface area contributed by atoms with Gasteiger partial charge in [-0.1, -0.05) is 29.3 Å². The van der Waals surface area contributed by atoms with Crippen LogP contribution in [0, 0.1) is 0 Å². The molecular weight excluding hydrogens is 447 g/mol. The van der Waals surface area contributed by atoms with Crippen molar-refractivity contribution in [3.8, 4) is 0 Å². The quantitative estimate of drug-likeness (QED) is 0.577. The van der Waals surface area contributed by atoms with E-state index in [0.29, 0.717) is 29.7 Å². The van der Waals surface area contributed by atoms with Crippen molar-refractivity contribution in [2.45, 2.75) is 17.5 Å². The van der Waals surface area contributed by atoms with E-state index < -0.39 is 5.91 Å². The number of hydrogen-bond donors (Lipinski definition) is 2. The van der Waals surface area contributed by atoms with Crippen LogP contribution >= 0.6 is 35.0 Å². The average Bonchev–Trinajstić information content (AvgIpc) is 2.74. The second-order valence-corrected chi connectivity index (χ2v) is 8.68. The second kappa shape index (κ2) is 11.0. The van der Waals surface area contributed by atoms with Crippen molar-refractivity contribution in [1.29, 1.82) is 0 Å². The topological polar surface area (TPSA) is 97.5 Å². The minimum atomic E-state index is -0.579. The number of nitrogens with zero attached hydrogens (tertiary/aromatic N) is 2. The fourth-order valence-electron chi connectivity index (χ4n) is 2.98. The lowest BCUT2D eigenvalue weighted by molar-refractivity contribution is -0.119. The lowest BCUT2D eigenvalue weighted by atomic mass is 10.2. The third kappa shape index (κ3) is 6.85. The number of hydrogen-bond acceptors (Lipinski definition) is 6. The van der Waals surface area contributed by atoms with Gasteiger partial charge in [0.1, 0.15) is 5.69 Å². The van der Waals surface area contributed by atoms with E-state index in [0.717, 1.165) is 23.5 Å². The maximum Gasteiger partial charge on any atom is 0.267 e. The molecule has 0 unspecified atom stereocenters. The Labute approximate surface area is 189 Å². The Morgan fingerprint density at radius 1 is 1.27 bits per heavy atom. The van der Waals surface area contributed by atoms with Crippen LogP contribution in [0.3, 0.4) is 0 Å². The van der Waals surface area contributed by atoms with Crippen LogP contribution in [0.25, 0.3) is 0 Å². The number of benzene rings is 1. The summed E-state index contributed by atoms with van der Waals surface area (Å²) < 4.78 is 5.77. The summed E-state index contributed by atoms with van der Waals surface area (Å²) in [6.45, 7) is 3.32.